The van der Waals surface area contributed by atoms with E-state index in [0.29, 0.717) is 11.0 Å². The zero-order chi connectivity index (χ0) is 17.8. The molecule has 1 aromatic heterocycles. The molecule has 0 fully saturated rings. The number of thiazole rings is 1. The van der Waals surface area contributed by atoms with Crippen molar-refractivity contribution >= 4 is 36.4 Å². The van der Waals surface area contributed by atoms with E-state index in [1.165, 1.54) is 11.3 Å². The Labute approximate surface area is 148 Å². The predicted molar refractivity (Wildman–Crippen MR) is 100 cm³/mol. The second-order valence-electron chi connectivity index (χ2n) is 6.96. The van der Waals surface area contributed by atoms with Gasteiger partial charge in [-0.1, -0.05) is 44.1 Å². The van der Waals surface area contributed by atoms with Crippen LogP contribution in [0.4, 0.5) is 5.13 Å². The molecule has 0 amide bonds. The first-order valence-corrected chi connectivity index (χ1v) is 11.7. The Morgan fingerprint density at radius 3 is 2.57 bits per heavy atom. The minimum Gasteiger partial charge on any atom is -0.408 e. The highest BCUT2D eigenvalue weighted by Crippen LogP contribution is 2.47. The Kier molecular flexibility index (Phi) is 6.91. The first kappa shape index (κ1) is 20.3. The van der Waals surface area contributed by atoms with E-state index in [0.717, 1.165) is 4.88 Å². The minimum absolute atomic E-state index is 0.0522. The van der Waals surface area contributed by atoms with Gasteiger partial charge in [-0.2, -0.15) is 0 Å². The Morgan fingerprint density at radius 2 is 2.13 bits per heavy atom. The van der Waals surface area contributed by atoms with Crippen LogP contribution in [0.25, 0.3) is 10.4 Å². The third-order valence-corrected chi connectivity index (χ3v) is 10.7. The van der Waals surface area contributed by atoms with Crippen molar-refractivity contribution in [2.75, 3.05) is 12.3 Å². The molecule has 0 spiro atoms. The standard InChI is InChI=1S/C14H26ClN5OSSi/c1-9(2)14(3,4)23(5,6)21-12(10(15)7-19-20-17)11-8-18-13(16)22-11/h8-10,12H,7H2,1-6H3,(H2,16,18)/t10-,12-/m0/s1. The van der Waals surface area contributed by atoms with Gasteiger partial charge >= 0.3 is 0 Å². The molecular weight excluding hydrogens is 350 g/mol. The number of hydrogen-bond donors (Lipinski definition) is 1. The van der Waals surface area contributed by atoms with E-state index in [2.05, 4.69) is 55.8 Å². The van der Waals surface area contributed by atoms with E-state index >= 15 is 0 Å². The number of azide groups is 1. The second-order valence-corrected chi connectivity index (χ2v) is 13.2. The molecule has 0 unspecified atom stereocenters. The average Bonchev–Trinajstić information content (AvgIpc) is 2.88. The largest absolute Gasteiger partial charge is 0.408 e. The van der Waals surface area contributed by atoms with Gasteiger partial charge in [0, 0.05) is 17.7 Å². The maximum Gasteiger partial charge on any atom is 0.193 e. The number of alkyl halides is 1. The normalized spacial score (nSPS) is 15.3. The van der Waals surface area contributed by atoms with Gasteiger partial charge in [-0.25, -0.2) is 4.98 Å². The molecule has 0 saturated carbocycles. The fourth-order valence-electron chi connectivity index (χ4n) is 2.12. The fraction of sp³-hybridized carbons (Fsp3) is 0.786. The highest BCUT2D eigenvalue weighted by atomic mass is 35.5. The van der Waals surface area contributed by atoms with E-state index < -0.39 is 13.7 Å². The van der Waals surface area contributed by atoms with Crippen LogP contribution in [0.3, 0.4) is 0 Å². The molecule has 9 heteroatoms. The lowest BCUT2D eigenvalue weighted by Crippen LogP contribution is -2.47. The summed E-state index contributed by atoms with van der Waals surface area (Å²) in [5.74, 6) is 0.474. The fourth-order valence-corrected chi connectivity index (χ4v) is 6.01. The quantitative estimate of drug-likeness (QED) is 0.218. The van der Waals surface area contributed by atoms with E-state index in [9.17, 15) is 0 Å². The van der Waals surface area contributed by atoms with Gasteiger partial charge in [0.05, 0.1) is 16.4 Å². The van der Waals surface area contributed by atoms with Crippen LogP contribution < -0.4 is 5.73 Å². The summed E-state index contributed by atoms with van der Waals surface area (Å²) in [6.45, 7) is 13.4. The maximum atomic E-state index is 8.54. The van der Waals surface area contributed by atoms with Crippen molar-refractivity contribution < 1.29 is 4.43 Å². The third kappa shape index (κ3) is 4.84. The van der Waals surface area contributed by atoms with Crippen molar-refractivity contribution in [2.24, 2.45) is 11.0 Å². The van der Waals surface area contributed by atoms with Gasteiger partial charge in [-0.05, 0) is 29.6 Å². The highest BCUT2D eigenvalue weighted by Gasteiger charge is 2.46. The number of nitrogens with two attached hydrogens (primary N) is 1. The number of nitrogen functional groups attached to an aromatic ring is 1. The first-order chi connectivity index (χ1) is 10.5. The van der Waals surface area contributed by atoms with E-state index in [4.69, 9.17) is 27.3 Å². The molecule has 23 heavy (non-hydrogen) atoms. The summed E-state index contributed by atoms with van der Waals surface area (Å²) in [5, 5.41) is 3.66. The Morgan fingerprint density at radius 1 is 1.52 bits per heavy atom. The Bertz CT molecular complexity index is 571. The summed E-state index contributed by atoms with van der Waals surface area (Å²) in [6, 6.07) is 0. The molecule has 1 rings (SSSR count). The summed E-state index contributed by atoms with van der Waals surface area (Å²) >= 11 is 7.84. The number of nitrogens with zero attached hydrogens (tertiary/aromatic N) is 4. The maximum absolute atomic E-state index is 8.54. The summed E-state index contributed by atoms with van der Waals surface area (Å²) in [6.07, 6.45) is 1.32. The molecule has 2 atom stereocenters. The monoisotopic (exact) mass is 375 g/mol. The zero-order valence-corrected chi connectivity index (χ0v) is 17.1. The molecule has 0 aromatic carbocycles. The zero-order valence-electron chi connectivity index (χ0n) is 14.6. The summed E-state index contributed by atoms with van der Waals surface area (Å²) in [5.41, 5.74) is 14.3. The van der Waals surface area contributed by atoms with Crippen LogP contribution in [0, 0.1) is 5.92 Å². The van der Waals surface area contributed by atoms with Crippen LogP contribution in [0.15, 0.2) is 11.3 Å². The summed E-state index contributed by atoms with van der Waals surface area (Å²) in [7, 11) is -2.11. The molecule has 0 aliphatic rings. The van der Waals surface area contributed by atoms with Crippen LogP contribution in [-0.2, 0) is 4.43 Å². The second kappa shape index (κ2) is 7.85. The van der Waals surface area contributed by atoms with Gasteiger partial charge in [0.1, 0.15) is 0 Å². The van der Waals surface area contributed by atoms with Gasteiger partial charge < -0.3 is 10.2 Å². The van der Waals surface area contributed by atoms with Gasteiger partial charge in [0.15, 0.2) is 13.4 Å². The predicted octanol–water partition coefficient (Wildman–Crippen LogP) is 5.34. The molecule has 0 radical (unpaired) electrons. The number of hydrogen-bond acceptors (Lipinski definition) is 5. The van der Waals surface area contributed by atoms with Gasteiger partial charge in [-0.15, -0.1) is 11.6 Å². The Balaban J connectivity index is 3.12. The van der Waals surface area contributed by atoms with Crippen molar-refractivity contribution in [3.8, 4) is 0 Å². The molecule has 0 aliphatic heterocycles. The Hall–Kier alpha value is -0.793. The summed E-state index contributed by atoms with van der Waals surface area (Å²) < 4.78 is 6.56. The number of anilines is 1. The number of halogens is 1. The molecule has 0 aliphatic carbocycles. The highest BCUT2D eigenvalue weighted by molar-refractivity contribution is 7.15. The third-order valence-electron chi connectivity index (χ3n) is 4.89. The lowest BCUT2D eigenvalue weighted by molar-refractivity contribution is 0.174. The van der Waals surface area contributed by atoms with Gasteiger partial charge in [-0.3, -0.25) is 0 Å². The van der Waals surface area contributed by atoms with Crippen LogP contribution in [0.2, 0.25) is 18.1 Å². The first-order valence-electron chi connectivity index (χ1n) is 7.57. The van der Waals surface area contributed by atoms with Crippen molar-refractivity contribution in [3.63, 3.8) is 0 Å². The SMILES string of the molecule is CC(C)C(C)(C)[Si](C)(C)O[C@H](c1cnc(N)s1)[C@@H](Cl)CN=[N+]=[N-]. The number of aromatic nitrogens is 1. The van der Waals surface area contributed by atoms with Crippen LogP contribution in [0.1, 0.15) is 38.7 Å². The van der Waals surface area contributed by atoms with E-state index in [1.807, 2.05) is 0 Å². The van der Waals surface area contributed by atoms with E-state index in [1.54, 1.807) is 6.20 Å². The van der Waals surface area contributed by atoms with Crippen LogP contribution in [0.5, 0.6) is 0 Å². The van der Waals surface area contributed by atoms with Crippen LogP contribution >= 0.6 is 22.9 Å². The van der Waals surface area contributed by atoms with Crippen molar-refractivity contribution in [1.82, 2.24) is 4.98 Å². The molecule has 6 nitrogen and oxygen atoms in total. The molecule has 130 valence electrons. The van der Waals surface area contributed by atoms with Gasteiger partial charge in [0.2, 0.25) is 0 Å². The molecule has 2 N–H and O–H groups in total. The summed E-state index contributed by atoms with van der Waals surface area (Å²) in [4.78, 5) is 7.76. The van der Waals surface area contributed by atoms with Crippen molar-refractivity contribution in [3.05, 3.63) is 21.5 Å². The molecule has 0 saturated heterocycles. The molecule has 1 heterocycles. The average molecular weight is 376 g/mol. The minimum atomic E-state index is -2.11. The van der Waals surface area contributed by atoms with Crippen LogP contribution in [-0.4, -0.2) is 25.2 Å². The molecule has 0 bridgehead atoms. The lowest BCUT2D eigenvalue weighted by Gasteiger charge is -2.44. The lowest BCUT2D eigenvalue weighted by atomic mass is 9.99. The number of rotatable bonds is 8. The molecule has 1 aromatic rings. The van der Waals surface area contributed by atoms with Crippen molar-refractivity contribution in [1.29, 1.82) is 0 Å². The smallest absolute Gasteiger partial charge is 0.193 e. The topological polar surface area (TPSA) is 96.9 Å². The molecular formula is C14H26ClN5OSSi. The van der Waals surface area contributed by atoms with Crippen molar-refractivity contribution in [2.45, 2.75) is 57.3 Å². The van der Waals surface area contributed by atoms with Gasteiger partial charge in [0.25, 0.3) is 0 Å². The van der Waals surface area contributed by atoms with E-state index in [-0.39, 0.29) is 17.7 Å².